The van der Waals surface area contributed by atoms with Gasteiger partial charge in [0.25, 0.3) is 0 Å². The van der Waals surface area contributed by atoms with Gasteiger partial charge in [-0.05, 0) is 48.0 Å². The van der Waals surface area contributed by atoms with E-state index in [1.807, 2.05) is 67.6 Å². The minimum absolute atomic E-state index is 0. The molecule has 0 aliphatic heterocycles. The van der Waals surface area contributed by atoms with Crippen LogP contribution in [0, 0.1) is 13.0 Å². The van der Waals surface area contributed by atoms with E-state index in [4.69, 9.17) is 5.11 Å². The molecule has 204 valence electrons. The van der Waals surface area contributed by atoms with Gasteiger partial charge in [-0.2, -0.15) is 30.3 Å². The minimum atomic E-state index is -3.79. The Morgan fingerprint density at radius 2 is 1.45 bits per heavy atom. The molecule has 0 amide bonds. The van der Waals surface area contributed by atoms with Crippen LogP contribution >= 0.6 is 0 Å². The Balaban J connectivity index is 0.000000241. The number of aliphatic hydroxyl groups excluding tert-OH is 1. The average Bonchev–Trinajstić information content (AvgIpc) is 2.99. The Hall–Kier alpha value is -3.93. The zero-order valence-electron chi connectivity index (χ0n) is 21.7. The zero-order valence-corrected chi connectivity index (χ0v) is 24.0. The monoisotopic (exact) mass is 639 g/mol. The van der Waals surface area contributed by atoms with Gasteiger partial charge in [0.1, 0.15) is 10.0 Å². The van der Waals surface area contributed by atoms with Crippen LogP contribution in [0.5, 0.6) is 0 Å². The van der Waals surface area contributed by atoms with Crippen LogP contribution in [0.4, 0.5) is 5.69 Å². The second-order valence-electron chi connectivity index (χ2n) is 8.49. The van der Waals surface area contributed by atoms with E-state index >= 15 is 0 Å². The van der Waals surface area contributed by atoms with Crippen molar-refractivity contribution in [3.8, 4) is 0 Å². The molecule has 0 bridgehead atoms. The van der Waals surface area contributed by atoms with Gasteiger partial charge in [-0.1, -0.05) is 60.2 Å². The predicted octanol–water partition coefficient (Wildman–Crippen LogP) is 7.15. The topological polar surface area (TPSA) is 94.2 Å². The van der Waals surface area contributed by atoms with Crippen molar-refractivity contribution in [1.29, 1.82) is 0 Å². The van der Waals surface area contributed by atoms with E-state index in [9.17, 15) is 8.42 Å². The smallest absolute Gasteiger partial charge is 0.572 e. The van der Waals surface area contributed by atoms with Crippen molar-refractivity contribution >= 4 is 37.4 Å². The van der Waals surface area contributed by atoms with E-state index in [1.54, 1.807) is 67.1 Å². The van der Waals surface area contributed by atoms with Gasteiger partial charge in [0.2, 0.25) is 0 Å². The summed E-state index contributed by atoms with van der Waals surface area (Å²) in [6, 6.07) is 35.7. The summed E-state index contributed by atoms with van der Waals surface area (Å²) < 4.78 is 29.5. The fraction of sp³-hybridized carbons (Fsp3) is 0.0625. The van der Waals surface area contributed by atoms with Gasteiger partial charge in [-0.25, -0.2) is 8.42 Å². The van der Waals surface area contributed by atoms with Crippen molar-refractivity contribution in [3.63, 3.8) is 0 Å². The van der Waals surface area contributed by atoms with Crippen LogP contribution in [0.15, 0.2) is 133 Å². The third-order valence-electron chi connectivity index (χ3n) is 5.67. The second kappa shape index (κ2) is 15.0. The van der Waals surface area contributed by atoms with Crippen LogP contribution < -0.4 is 0 Å². The molecule has 0 saturated heterocycles. The zero-order chi connectivity index (χ0) is 27.5. The number of rotatable bonds is 4. The minimum Gasteiger partial charge on any atom is -0.572 e. The molecule has 6 aromatic rings. The molecule has 0 unspecified atom stereocenters. The molecule has 0 saturated carbocycles. The van der Waals surface area contributed by atoms with Crippen molar-refractivity contribution in [1.82, 2.24) is 9.97 Å². The summed E-state index contributed by atoms with van der Waals surface area (Å²) in [4.78, 5) is 8.40. The predicted molar refractivity (Wildman–Crippen MR) is 156 cm³/mol. The Morgan fingerprint density at radius 3 is 2.05 bits per heavy atom. The first-order valence-corrected chi connectivity index (χ1v) is 13.6. The summed E-state index contributed by atoms with van der Waals surface area (Å²) in [5.74, 6) is 0. The van der Waals surface area contributed by atoms with Crippen molar-refractivity contribution in [2.45, 2.75) is 18.4 Å². The third kappa shape index (κ3) is 8.28. The molecule has 2 aromatic heterocycles. The van der Waals surface area contributed by atoms with E-state index in [-0.39, 0.29) is 31.9 Å². The number of benzene rings is 4. The van der Waals surface area contributed by atoms with E-state index in [0.717, 1.165) is 32.8 Å². The summed E-state index contributed by atoms with van der Waals surface area (Å²) in [6.45, 7) is 2.03. The molecule has 0 atom stereocenters. The van der Waals surface area contributed by atoms with Crippen molar-refractivity contribution in [2.24, 2.45) is 0 Å². The summed E-state index contributed by atoms with van der Waals surface area (Å²) in [5, 5.41) is 11.1. The first kappa shape index (κ1) is 30.6. The Bertz CT molecular complexity index is 1710. The van der Waals surface area contributed by atoms with Crippen LogP contribution in [-0.4, -0.2) is 23.5 Å². The SMILES string of the molecule is Cc1ccc(S(=O)(=O)[N-]c2cccc3ccc4cccnc4c23)cc1.OCc1cc[c-]cc1.[Pd+2].c1ccncc1. The average molecular weight is 640 g/mol. The van der Waals surface area contributed by atoms with Gasteiger partial charge in [-0.3, -0.25) is 9.97 Å². The Kier molecular flexibility index (Phi) is 11.5. The molecule has 0 radical (unpaired) electrons. The molecular formula is C32H27N3O3PdS. The van der Waals surface area contributed by atoms with Crippen LogP contribution in [0.2, 0.25) is 0 Å². The van der Waals surface area contributed by atoms with Crippen molar-refractivity contribution in [2.75, 3.05) is 0 Å². The fourth-order valence-electron chi connectivity index (χ4n) is 3.70. The molecule has 2 heterocycles. The number of aliphatic hydroxyl groups is 1. The van der Waals surface area contributed by atoms with Gasteiger partial charge in [0, 0.05) is 30.6 Å². The van der Waals surface area contributed by atoms with Crippen LogP contribution in [-0.2, 0) is 37.1 Å². The molecule has 0 aliphatic rings. The third-order valence-corrected chi connectivity index (χ3v) is 6.97. The standard InChI is InChI=1S/C20H15N2O2S.C7H7O.C5H5N.Pd/c1-14-7-11-17(12-8-14)25(23,24)22-18-6-2-4-15-9-10-16-5-3-13-21-20(16)19(15)18;8-6-7-4-2-1-3-5-7;1-2-4-6-5-3-1;/h2-13H,1H3;2-5,8H,6H2;1-5H;/q2*-1;;+2. The molecule has 40 heavy (non-hydrogen) atoms. The van der Waals surface area contributed by atoms with Gasteiger partial charge in [-0.15, -0.1) is 11.3 Å². The number of aromatic nitrogens is 2. The first-order valence-electron chi connectivity index (χ1n) is 12.2. The van der Waals surface area contributed by atoms with Gasteiger partial charge < -0.3 is 9.83 Å². The molecule has 1 N–H and O–H groups in total. The molecule has 0 fully saturated rings. The number of aryl methyl sites for hydroxylation is 1. The maximum absolute atomic E-state index is 12.7. The summed E-state index contributed by atoms with van der Waals surface area (Å²) in [6.07, 6.45) is 5.20. The van der Waals surface area contributed by atoms with Crippen molar-refractivity contribution < 1.29 is 33.9 Å². The van der Waals surface area contributed by atoms with Crippen molar-refractivity contribution in [3.05, 3.63) is 150 Å². The number of hydrogen-bond donors (Lipinski definition) is 1. The molecule has 4 aromatic carbocycles. The van der Waals surface area contributed by atoms with Gasteiger partial charge >= 0.3 is 20.4 Å². The molecule has 6 nitrogen and oxygen atoms in total. The summed E-state index contributed by atoms with van der Waals surface area (Å²) in [5.41, 5.74) is 3.09. The van der Waals surface area contributed by atoms with Gasteiger partial charge in [0.15, 0.2) is 0 Å². The van der Waals surface area contributed by atoms with E-state index in [1.165, 1.54) is 0 Å². The molecule has 8 heteroatoms. The molecule has 0 spiro atoms. The quantitative estimate of drug-likeness (QED) is 0.126. The van der Waals surface area contributed by atoms with Crippen LogP contribution in [0.3, 0.4) is 0 Å². The number of nitrogens with zero attached hydrogens (tertiary/aromatic N) is 3. The molecular weight excluding hydrogens is 613 g/mol. The maximum atomic E-state index is 12.7. The van der Waals surface area contributed by atoms with E-state index < -0.39 is 10.0 Å². The second-order valence-corrected chi connectivity index (χ2v) is 10.1. The first-order chi connectivity index (χ1) is 19.0. The normalized spacial score (nSPS) is 10.3. The number of fused-ring (bicyclic) bond motifs is 3. The van der Waals surface area contributed by atoms with E-state index in [2.05, 4.69) is 20.8 Å². The Morgan fingerprint density at radius 1 is 0.775 bits per heavy atom. The molecule has 0 aliphatic carbocycles. The largest absolute Gasteiger partial charge is 2.00 e. The fourth-order valence-corrected chi connectivity index (χ4v) is 4.70. The van der Waals surface area contributed by atoms with Crippen LogP contribution in [0.1, 0.15) is 11.1 Å². The van der Waals surface area contributed by atoms with E-state index in [0.29, 0.717) is 5.69 Å². The van der Waals surface area contributed by atoms with Crippen LogP contribution in [0.25, 0.3) is 26.4 Å². The number of sulfonamides is 1. The maximum Gasteiger partial charge on any atom is 2.00 e. The number of hydrogen-bond acceptors (Lipinski definition) is 5. The van der Waals surface area contributed by atoms with Gasteiger partial charge in [0.05, 0.1) is 10.4 Å². The summed E-state index contributed by atoms with van der Waals surface area (Å²) >= 11 is 0. The summed E-state index contributed by atoms with van der Waals surface area (Å²) in [7, 11) is -3.79. The number of pyridine rings is 2. The Labute approximate surface area is 248 Å². The molecule has 6 rings (SSSR count).